The molecule has 3 saturated heterocycles. The van der Waals surface area contributed by atoms with E-state index in [2.05, 4.69) is 5.32 Å². The summed E-state index contributed by atoms with van der Waals surface area (Å²) in [5.74, 6) is -1.52. The van der Waals surface area contributed by atoms with Crippen molar-refractivity contribution in [1.82, 2.24) is 5.32 Å². The van der Waals surface area contributed by atoms with Gasteiger partial charge in [-0.3, -0.25) is 4.79 Å². The molecule has 9 heteroatoms. The number of carbonyl (C=O) groups excluding carboxylic acids is 1. The van der Waals surface area contributed by atoms with Gasteiger partial charge in [-0.25, -0.2) is 4.18 Å². The van der Waals surface area contributed by atoms with Gasteiger partial charge in [-0.05, 0) is 13.8 Å². The minimum absolute atomic E-state index is 0.161. The fourth-order valence-electron chi connectivity index (χ4n) is 2.75. The van der Waals surface area contributed by atoms with Crippen LogP contribution in [0.1, 0.15) is 13.8 Å². The molecule has 0 spiro atoms. The van der Waals surface area contributed by atoms with Gasteiger partial charge in [-0.1, -0.05) is 0 Å². The first-order chi connectivity index (χ1) is 8.64. The van der Waals surface area contributed by atoms with Crippen LogP contribution >= 0.6 is 0 Å². The zero-order valence-electron chi connectivity index (χ0n) is 10.7. The Balaban J connectivity index is 2.02. The number of hydrogen-bond donors (Lipinski definition) is 1. The third-order valence-electron chi connectivity index (χ3n) is 3.35. The van der Waals surface area contributed by atoms with Gasteiger partial charge in [0, 0.05) is 6.54 Å². The average Bonchev–Trinajstić information content (AvgIpc) is 2.75. The van der Waals surface area contributed by atoms with Crippen molar-refractivity contribution in [2.45, 2.75) is 43.7 Å². The van der Waals surface area contributed by atoms with Gasteiger partial charge in [0.2, 0.25) is 5.60 Å². The molecular weight excluding hydrogens is 278 g/mol. The zero-order chi connectivity index (χ0) is 14.1. The Kier molecular flexibility index (Phi) is 2.56. The van der Waals surface area contributed by atoms with E-state index in [1.165, 1.54) is 0 Å². The molecule has 3 aliphatic rings. The molecule has 0 unspecified atom stereocenters. The number of carbonyl (C=O) groups is 1. The minimum atomic E-state index is -3.86. The topological polar surface area (TPSA) is 100 Å². The van der Waals surface area contributed by atoms with Crippen molar-refractivity contribution >= 4 is 16.0 Å². The first-order valence-corrected chi connectivity index (χ1v) is 7.66. The summed E-state index contributed by atoms with van der Waals surface area (Å²) in [6.45, 7) is 3.48. The molecule has 0 aromatic rings. The van der Waals surface area contributed by atoms with Crippen molar-refractivity contribution in [3.05, 3.63) is 0 Å². The summed E-state index contributed by atoms with van der Waals surface area (Å²) in [4.78, 5) is 12.1. The van der Waals surface area contributed by atoms with Crippen LogP contribution in [0.2, 0.25) is 0 Å². The average molecular weight is 293 g/mol. The molecule has 4 atom stereocenters. The lowest BCUT2D eigenvalue weighted by Crippen LogP contribution is -2.55. The lowest BCUT2D eigenvalue weighted by Gasteiger charge is -2.29. The maximum atomic E-state index is 12.1. The van der Waals surface area contributed by atoms with Crippen molar-refractivity contribution < 1.29 is 31.6 Å². The Morgan fingerprint density at radius 3 is 2.68 bits per heavy atom. The number of rotatable bonds is 2. The highest BCUT2D eigenvalue weighted by atomic mass is 32.2. The standard InChI is InChI=1S/C10H15NO7S/c1-9(2)16-6-7(17-9)15-5-4-11-8(12)10(5,6)18-19(3,13)14/h5-7H,4H2,1-3H3,(H,11,12)/t5-,6+,7-,10-/m1/s1. The van der Waals surface area contributed by atoms with Crippen LogP contribution in [0.15, 0.2) is 0 Å². The first-order valence-electron chi connectivity index (χ1n) is 5.84. The molecule has 0 bridgehead atoms. The van der Waals surface area contributed by atoms with Gasteiger partial charge in [0.05, 0.1) is 6.26 Å². The van der Waals surface area contributed by atoms with Crippen molar-refractivity contribution in [1.29, 1.82) is 0 Å². The molecule has 108 valence electrons. The Labute approximate surface area is 110 Å². The highest BCUT2D eigenvalue weighted by Gasteiger charge is 2.72. The molecule has 1 N–H and O–H groups in total. The van der Waals surface area contributed by atoms with Crippen molar-refractivity contribution in [3.63, 3.8) is 0 Å². The largest absolute Gasteiger partial charge is 0.351 e. The molecule has 0 aliphatic carbocycles. The van der Waals surface area contributed by atoms with Crippen molar-refractivity contribution in [3.8, 4) is 0 Å². The third-order valence-corrected chi connectivity index (χ3v) is 3.93. The van der Waals surface area contributed by atoms with E-state index in [4.69, 9.17) is 18.4 Å². The number of amides is 1. The van der Waals surface area contributed by atoms with Gasteiger partial charge < -0.3 is 19.5 Å². The third kappa shape index (κ3) is 1.88. The lowest BCUT2D eigenvalue weighted by atomic mass is 9.95. The Hall–Kier alpha value is -0.740. The maximum Gasteiger partial charge on any atom is 0.265 e. The van der Waals surface area contributed by atoms with E-state index in [-0.39, 0.29) is 6.54 Å². The number of nitrogens with one attached hydrogen (secondary N) is 1. The molecule has 0 saturated carbocycles. The van der Waals surface area contributed by atoms with Crippen LogP contribution in [0.3, 0.4) is 0 Å². The summed E-state index contributed by atoms with van der Waals surface area (Å²) >= 11 is 0. The fourth-order valence-corrected chi connectivity index (χ4v) is 3.53. The molecule has 3 heterocycles. The second-order valence-electron chi connectivity index (χ2n) is 5.34. The molecule has 3 fully saturated rings. The van der Waals surface area contributed by atoms with E-state index in [0.29, 0.717) is 0 Å². The van der Waals surface area contributed by atoms with Crippen LogP contribution in [0.5, 0.6) is 0 Å². The summed E-state index contributed by atoms with van der Waals surface area (Å²) in [6.07, 6.45) is -1.59. The molecule has 1 amide bonds. The summed E-state index contributed by atoms with van der Waals surface area (Å²) in [5.41, 5.74) is -1.70. The Bertz CT molecular complexity index is 530. The predicted octanol–water partition coefficient (Wildman–Crippen LogP) is -1.29. The molecular formula is C10H15NO7S. The van der Waals surface area contributed by atoms with Gasteiger partial charge in [-0.2, -0.15) is 8.42 Å². The van der Waals surface area contributed by atoms with Crippen LogP contribution in [-0.2, 0) is 33.3 Å². The number of hydrogen-bond acceptors (Lipinski definition) is 7. The van der Waals surface area contributed by atoms with E-state index in [0.717, 1.165) is 6.26 Å². The monoisotopic (exact) mass is 293 g/mol. The number of ether oxygens (including phenoxy) is 3. The van der Waals surface area contributed by atoms with Gasteiger partial charge in [-0.15, -0.1) is 0 Å². The molecule has 0 radical (unpaired) electrons. The maximum absolute atomic E-state index is 12.1. The smallest absolute Gasteiger partial charge is 0.265 e. The quantitative estimate of drug-likeness (QED) is 0.632. The fraction of sp³-hybridized carbons (Fsp3) is 0.900. The summed E-state index contributed by atoms with van der Waals surface area (Å²) in [5, 5.41) is 2.54. The van der Waals surface area contributed by atoms with Crippen LogP contribution in [-0.4, -0.2) is 57.0 Å². The SMILES string of the molecule is CC1(C)O[C@H]2O[C@@H]3CNC(=O)[C@]3(OS(C)(=O)=O)[C@H]2O1. The van der Waals surface area contributed by atoms with Gasteiger partial charge in [0.1, 0.15) is 6.10 Å². The molecule has 8 nitrogen and oxygen atoms in total. The van der Waals surface area contributed by atoms with E-state index in [1.54, 1.807) is 13.8 Å². The van der Waals surface area contributed by atoms with E-state index in [1.807, 2.05) is 0 Å². The Morgan fingerprint density at radius 2 is 2.05 bits per heavy atom. The van der Waals surface area contributed by atoms with Gasteiger partial charge in [0.15, 0.2) is 18.2 Å². The van der Waals surface area contributed by atoms with Crippen molar-refractivity contribution in [2.24, 2.45) is 0 Å². The van der Waals surface area contributed by atoms with Crippen LogP contribution in [0.4, 0.5) is 0 Å². The molecule has 3 aliphatic heterocycles. The second kappa shape index (κ2) is 3.67. The summed E-state index contributed by atoms with van der Waals surface area (Å²) in [7, 11) is -3.86. The van der Waals surface area contributed by atoms with E-state index < -0.39 is 45.9 Å². The number of fused-ring (bicyclic) bond motifs is 3. The normalized spacial score (nSPS) is 43.9. The molecule has 3 rings (SSSR count). The van der Waals surface area contributed by atoms with E-state index >= 15 is 0 Å². The first kappa shape index (κ1) is 13.3. The van der Waals surface area contributed by atoms with Crippen molar-refractivity contribution in [2.75, 3.05) is 12.8 Å². The highest BCUT2D eigenvalue weighted by Crippen LogP contribution is 2.47. The van der Waals surface area contributed by atoms with Gasteiger partial charge in [0.25, 0.3) is 16.0 Å². The second-order valence-corrected chi connectivity index (χ2v) is 6.91. The highest BCUT2D eigenvalue weighted by molar-refractivity contribution is 7.86. The predicted molar refractivity (Wildman–Crippen MR) is 60.4 cm³/mol. The lowest BCUT2D eigenvalue weighted by molar-refractivity contribution is -0.218. The van der Waals surface area contributed by atoms with Crippen LogP contribution in [0.25, 0.3) is 0 Å². The molecule has 0 aromatic heterocycles. The van der Waals surface area contributed by atoms with Crippen LogP contribution < -0.4 is 5.32 Å². The zero-order valence-corrected chi connectivity index (χ0v) is 11.5. The van der Waals surface area contributed by atoms with Gasteiger partial charge >= 0.3 is 0 Å². The molecule has 19 heavy (non-hydrogen) atoms. The van der Waals surface area contributed by atoms with E-state index in [9.17, 15) is 13.2 Å². The summed E-state index contributed by atoms with van der Waals surface area (Å²) in [6, 6.07) is 0. The van der Waals surface area contributed by atoms with Crippen LogP contribution in [0, 0.1) is 0 Å². The Morgan fingerprint density at radius 1 is 1.37 bits per heavy atom. The molecule has 0 aromatic carbocycles. The summed E-state index contributed by atoms with van der Waals surface area (Å²) < 4.78 is 44.6. The minimum Gasteiger partial charge on any atom is -0.351 e.